The number of aromatic nitrogens is 2. The van der Waals surface area contributed by atoms with Crippen LogP contribution in [0.4, 0.5) is 5.82 Å². The Balaban J connectivity index is 1.81. The Bertz CT molecular complexity index is 889. The largest absolute Gasteiger partial charge is 0.333 e. The minimum Gasteiger partial charge on any atom is -0.333 e. The van der Waals surface area contributed by atoms with Crippen LogP contribution in [0.5, 0.6) is 0 Å². The Morgan fingerprint density at radius 1 is 1.20 bits per heavy atom. The summed E-state index contributed by atoms with van der Waals surface area (Å²) in [7, 11) is 0. The van der Waals surface area contributed by atoms with Gasteiger partial charge >= 0.3 is 0 Å². The molecule has 0 atom stereocenters. The second-order valence-corrected chi connectivity index (χ2v) is 9.35. The predicted molar refractivity (Wildman–Crippen MR) is 120 cm³/mol. The van der Waals surface area contributed by atoms with Crippen LogP contribution in [0.25, 0.3) is 5.69 Å². The van der Waals surface area contributed by atoms with Crippen LogP contribution in [0.3, 0.4) is 0 Å². The van der Waals surface area contributed by atoms with Crippen LogP contribution < -0.4 is 5.32 Å². The molecule has 0 spiro atoms. The zero-order valence-electron chi connectivity index (χ0n) is 18.9. The van der Waals surface area contributed by atoms with Gasteiger partial charge in [-0.3, -0.25) is 9.59 Å². The molecule has 6 nitrogen and oxygen atoms in total. The summed E-state index contributed by atoms with van der Waals surface area (Å²) in [6.45, 7) is 11.0. The van der Waals surface area contributed by atoms with Crippen molar-refractivity contribution in [1.82, 2.24) is 14.7 Å². The van der Waals surface area contributed by atoms with Crippen LogP contribution in [-0.2, 0) is 15.0 Å². The number of benzene rings is 1. The second-order valence-electron chi connectivity index (χ2n) is 9.35. The van der Waals surface area contributed by atoms with E-state index < -0.39 is 0 Å². The highest BCUT2D eigenvalue weighted by atomic mass is 16.2. The summed E-state index contributed by atoms with van der Waals surface area (Å²) in [6.07, 6.45) is 3.82. The Morgan fingerprint density at radius 2 is 1.87 bits per heavy atom. The predicted octanol–water partition coefficient (Wildman–Crippen LogP) is 4.46. The summed E-state index contributed by atoms with van der Waals surface area (Å²) in [6, 6.07) is 9.97. The van der Waals surface area contributed by atoms with Gasteiger partial charge in [-0.25, -0.2) is 4.68 Å². The molecule has 0 radical (unpaired) electrons. The number of amides is 2. The van der Waals surface area contributed by atoms with E-state index in [1.807, 2.05) is 44.2 Å². The van der Waals surface area contributed by atoms with Crippen LogP contribution in [0.1, 0.15) is 64.6 Å². The van der Waals surface area contributed by atoms with Gasteiger partial charge in [-0.15, -0.1) is 0 Å². The Labute approximate surface area is 179 Å². The number of hydrogen-bond donors (Lipinski definition) is 1. The summed E-state index contributed by atoms with van der Waals surface area (Å²) >= 11 is 0. The molecule has 30 heavy (non-hydrogen) atoms. The molecule has 1 aliphatic carbocycles. The molecule has 3 rings (SSSR count). The maximum atomic E-state index is 12.9. The minimum atomic E-state index is -0.190. The third-order valence-corrected chi connectivity index (χ3v) is 5.62. The molecule has 1 N–H and O–H groups in total. The molecule has 0 unspecified atom stereocenters. The molecular weight excluding hydrogens is 376 g/mol. The van der Waals surface area contributed by atoms with Gasteiger partial charge in [-0.2, -0.15) is 5.10 Å². The molecule has 2 aromatic rings. The molecule has 6 heteroatoms. The van der Waals surface area contributed by atoms with Crippen molar-refractivity contribution in [2.24, 2.45) is 5.92 Å². The number of aryl methyl sites for hydroxylation is 1. The Kier molecular flexibility index (Phi) is 6.64. The van der Waals surface area contributed by atoms with E-state index in [0.717, 1.165) is 42.6 Å². The zero-order valence-corrected chi connectivity index (χ0v) is 18.9. The van der Waals surface area contributed by atoms with E-state index in [-0.39, 0.29) is 29.7 Å². The van der Waals surface area contributed by atoms with E-state index in [0.29, 0.717) is 12.4 Å². The third-order valence-electron chi connectivity index (χ3n) is 5.62. The standard InChI is InChI=1S/C24H34N4O2/c1-6-14-27(23(30)18-8-7-9-18)16-22(29)25-21-15-20(24(3,4)5)26-28(21)19-12-10-17(2)11-13-19/h10-13,15,18H,6-9,14,16H2,1-5H3,(H,25,29). The normalized spacial score (nSPS) is 14.3. The lowest BCUT2D eigenvalue weighted by molar-refractivity contribution is -0.140. The molecular formula is C24H34N4O2. The lowest BCUT2D eigenvalue weighted by Gasteiger charge is -2.31. The molecule has 1 fully saturated rings. The highest BCUT2D eigenvalue weighted by Gasteiger charge is 2.30. The first-order valence-corrected chi connectivity index (χ1v) is 10.9. The molecule has 1 aliphatic rings. The zero-order chi connectivity index (χ0) is 21.9. The van der Waals surface area contributed by atoms with Gasteiger partial charge in [0.15, 0.2) is 0 Å². The molecule has 0 bridgehead atoms. The maximum absolute atomic E-state index is 12.9. The molecule has 2 amide bonds. The van der Waals surface area contributed by atoms with Crippen molar-refractivity contribution in [3.8, 4) is 5.69 Å². The number of nitrogens with zero attached hydrogens (tertiary/aromatic N) is 3. The van der Waals surface area contributed by atoms with Crippen LogP contribution >= 0.6 is 0 Å². The van der Waals surface area contributed by atoms with Crippen molar-refractivity contribution in [2.45, 2.75) is 65.7 Å². The van der Waals surface area contributed by atoms with Crippen LogP contribution in [0, 0.1) is 12.8 Å². The van der Waals surface area contributed by atoms with E-state index in [1.165, 1.54) is 0 Å². The second kappa shape index (κ2) is 9.02. The molecule has 0 aliphatic heterocycles. The Hall–Kier alpha value is -2.63. The van der Waals surface area contributed by atoms with E-state index >= 15 is 0 Å². The van der Waals surface area contributed by atoms with Crippen molar-refractivity contribution < 1.29 is 9.59 Å². The fraction of sp³-hybridized carbons (Fsp3) is 0.542. The van der Waals surface area contributed by atoms with Gasteiger partial charge in [-0.1, -0.05) is 51.8 Å². The van der Waals surface area contributed by atoms with Gasteiger partial charge in [0.1, 0.15) is 5.82 Å². The molecule has 1 aromatic carbocycles. The average molecular weight is 411 g/mol. The van der Waals surface area contributed by atoms with E-state index in [4.69, 9.17) is 5.10 Å². The summed E-state index contributed by atoms with van der Waals surface area (Å²) in [5.41, 5.74) is 2.80. The van der Waals surface area contributed by atoms with Gasteiger partial charge < -0.3 is 10.2 Å². The first-order valence-electron chi connectivity index (χ1n) is 10.9. The van der Waals surface area contributed by atoms with Crippen LogP contribution in [-0.4, -0.2) is 39.6 Å². The summed E-state index contributed by atoms with van der Waals surface area (Å²) < 4.78 is 1.77. The molecule has 0 saturated heterocycles. The fourth-order valence-corrected chi connectivity index (χ4v) is 3.53. The quantitative estimate of drug-likeness (QED) is 0.733. The monoisotopic (exact) mass is 410 g/mol. The number of rotatable bonds is 7. The van der Waals surface area contributed by atoms with Crippen molar-refractivity contribution in [2.75, 3.05) is 18.4 Å². The SMILES string of the molecule is CCCN(CC(=O)Nc1cc(C(C)(C)C)nn1-c1ccc(C)cc1)C(=O)C1CCC1. The highest BCUT2D eigenvalue weighted by molar-refractivity contribution is 5.94. The Morgan fingerprint density at radius 3 is 2.40 bits per heavy atom. The van der Waals surface area contributed by atoms with Crippen molar-refractivity contribution in [1.29, 1.82) is 0 Å². The van der Waals surface area contributed by atoms with Gasteiger partial charge in [-0.05, 0) is 38.3 Å². The lowest BCUT2D eigenvalue weighted by atomic mass is 9.84. The minimum absolute atomic E-state index is 0.0765. The van der Waals surface area contributed by atoms with E-state index in [1.54, 1.807) is 9.58 Å². The highest BCUT2D eigenvalue weighted by Crippen LogP contribution is 2.29. The molecule has 1 aromatic heterocycles. The first kappa shape index (κ1) is 22.1. The average Bonchev–Trinajstić information content (AvgIpc) is 3.04. The lowest BCUT2D eigenvalue weighted by Crippen LogP contribution is -2.43. The van der Waals surface area contributed by atoms with Gasteiger partial charge in [0.05, 0.1) is 17.9 Å². The number of carbonyl (C=O) groups excluding carboxylic acids is 2. The number of hydrogen-bond acceptors (Lipinski definition) is 3. The van der Waals surface area contributed by atoms with Crippen LogP contribution in [0.15, 0.2) is 30.3 Å². The van der Waals surface area contributed by atoms with Gasteiger partial charge in [0.25, 0.3) is 0 Å². The van der Waals surface area contributed by atoms with Gasteiger partial charge in [0, 0.05) is 23.9 Å². The smallest absolute Gasteiger partial charge is 0.245 e. The maximum Gasteiger partial charge on any atom is 0.245 e. The third kappa shape index (κ3) is 5.10. The summed E-state index contributed by atoms with van der Waals surface area (Å²) in [5.74, 6) is 0.641. The molecule has 1 saturated carbocycles. The van der Waals surface area contributed by atoms with Crippen molar-refractivity contribution >= 4 is 17.6 Å². The number of carbonyl (C=O) groups is 2. The van der Waals surface area contributed by atoms with E-state index in [2.05, 4.69) is 26.1 Å². The molecule has 1 heterocycles. The first-order chi connectivity index (χ1) is 14.2. The number of nitrogens with one attached hydrogen (secondary N) is 1. The number of anilines is 1. The van der Waals surface area contributed by atoms with Gasteiger partial charge in [0.2, 0.25) is 11.8 Å². The van der Waals surface area contributed by atoms with E-state index in [9.17, 15) is 9.59 Å². The van der Waals surface area contributed by atoms with Crippen molar-refractivity contribution in [3.63, 3.8) is 0 Å². The summed E-state index contributed by atoms with van der Waals surface area (Å²) in [5, 5.41) is 7.76. The van der Waals surface area contributed by atoms with Crippen molar-refractivity contribution in [3.05, 3.63) is 41.6 Å². The topological polar surface area (TPSA) is 67.2 Å². The van der Waals surface area contributed by atoms with Crippen LogP contribution in [0.2, 0.25) is 0 Å². The summed E-state index contributed by atoms with van der Waals surface area (Å²) in [4.78, 5) is 27.3. The fourth-order valence-electron chi connectivity index (χ4n) is 3.53. The molecule has 162 valence electrons.